The lowest BCUT2D eigenvalue weighted by atomic mass is 10.1. The van der Waals surface area contributed by atoms with Gasteiger partial charge in [-0.1, -0.05) is 31.0 Å². The summed E-state index contributed by atoms with van der Waals surface area (Å²) in [5, 5.41) is 10.4. The molecule has 4 aromatic rings. The molecular weight excluding hydrogens is 566 g/mol. The zero-order chi connectivity index (χ0) is 30.8. The Labute approximate surface area is 265 Å². The quantitative estimate of drug-likeness (QED) is 0.125. The Morgan fingerprint density at radius 3 is 2.47 bits per heavy atom. The van der Waals surface area contributed by atoms with Crippen LogP contribution in [0.4, 0.5) is 29.0 Å². The number of nitrogens with zero attached hydrogens (tertiary/aromatic N) is 6. The number of hydrogen-bond donors (Lipinski definition) is 3. The fourth-order valence-electron chi connectivity index (χ4n) is 6.20. The molecule has 0 amide bonds. The second-order valence-electron chi connectivity index (χ2n) is 11.8. The number of unbranched alkanes of at least 4 members (excludes halogenated alkanes) is 3. The van der Waals surface area contributed by atoms with Gasteiger partial charge >= 0.3 is 5.97 Å². The molecule has 0 unspecified atom stereocenters. The molecule has 2 fully saturated rings. The zero-order valence-corrected chi connectivity index (χ0v) is 26.3. The number of esters is 1. The number of piperazine rings is 1. The average Bonchev–Trinajstić information content (AvgIpc) is 3.72. The van der Waals surface area contributed by atoms with Crippen molar-refractivity contribution in [1.29, 1.82) is 0 Å². The first kappa shape index (κ1) is 30.8. The molecule has 3 N–H and O–H groups in total. The molecule has 2 aliphatic heterocycles. The van der Waals surface area contributed by atoms with Gasteiger partial charge in [-0.15, -0.1) is 0 Å². The second kappa shape index (κ2) is 15.2. The van der Waals surface area contributed by atoms with Gasteiger partial charge in [0, 0.05) is 56.2 Å². The summed E-state index contributed by atoms with van der Waals surface area (Å²) in [5.74, 6) is 1.27. The van der Waals surface area contributed by atoms with Gasteiger partial charge in [0.15, 0.2) is 5.65 Å². The van der Waals surface area contributed by atoms with Crippen LogP contribution in [0.25, 0.3) is 11.2 Å². The molecule has 6 rings (SSSR count). The summed E-state index contributed by atoms with van der Waals surface area (Å²) < 4.78 is 7.22. The van der Waals surface area contributed by atoms with Gasteiger partial charge in [0.05, 0.1) is 18.8 Å². The second-order valence-corrected chi connectivity index (χ2v) is 11.8. The molecule has 4 heterocycles. The van der Waals surface area contributed by atoms with E-state index in [1.165, 1.54) is 12.1 Å². The van der Waals surface area contributed by atoms with Crippen LogP contribution < -0.4 is 20.9 Å². The van der Waals surface area contributed by atoms with Crippen LogP contribution in [0.15, 0.2) is 60.8 Å². The van der Waals surface area contributed by atoms with E-state index in [1.807, 2.05) is 37.3 Å². The summed E-state index contributed by atoms with van der Waals surface area (Å²) in [7, 11) is 0. The maximum absolute atomic E-state index is 11.5. The number of para-hydroxylation sites is 1. The van der Waals surface area contributed by atoms with Gasteiger partial charge in [-0.2, -0.15) is 4.98 Å². The third-order valence-electron chi connectivity index (χ3n) is 8.63. The third-order valence-corrected chi connectivity index (χ3v) is 8.63. The average molecular weight is 612 g/mol. The van der Waals surface area contributed by atoms with Crippen molar-refractivity contribution in [1.82, 2.24) is 29.7 Å². The molecule has 2 aromatic carbocycles. The molecule has 0 spiro atoms. The highest BCUT2D eigenvalue weighted by molar-refractivity contribution is 5.77. The minimum absolute atomic E-state index is 0.0704. The highest BCUT2D eigenvalue weighted by atomic mass is 16.5. The van der Waals surface area contributed by atoms with Crippen molar-refractivity contribution < 1.29 is 9.53 Å². The van der Waals surface area contributed by atoms with Gasteiger partial charge in [-0.3, -0.25) is 14.3 Å². The number of anilines is 5. The normalized spacial score (nSPS) is 17.1. The first-order valence-electron chi connectivity index (χ1n) is 16.4. The molecule has 1 atom stereocenters. The van der Waals surface area contributed by atoms with Crippen molar-refractivity contribution in [3.05, 3.63) is 60.8 Å². The molecule has 0 aliphatic carbocycles. The number of carbonyl (C=O) groups is 1. The van der Waals surface area contributed by atoms with Gasteiger partial charge in [-0.05, 0) is 75.7 Å². The minimum Gasteiger partial charge on any atom is -0.466 e. The largest absolute Gasteiger partial charge is 0.466 e. The van der Waals surface area contributed by atoms with Crippen LogP contribution in [0.5, 0.6) is 0 Å². The number of benzene rings is 2. The van der Waals surface area contributed by atoms with Gasteiger partial charge in [-0.25, -0.2) is 9.97 Å². The fraction of sp³-hybridized carbons (Fsp3) is 0.471. The Kier molecular flexibility index (Phi) is 10.4. The zero-order valence-electron chi connectivity index (χ0n) is 26.3. The number of ether oxygens (including phenoxy) is 1. The lowest BCUT2D eigenvalue weighted by Crippen LogP contribution is -2.46. The van der Waals surface area contributed by atoms with E-state index in [0.717, 1.165) is 100.0 Å². The fourth-order valence-corrected chi connectivity index (χ4v) is 6.20. The summed E-state index contributed by atoms with van der Waals surface area (Å²) >= 11 is 0. The van der Waals surface area contributed by atoms with Crippen molar-refractivity contribution in [3.8, 4) is 0 Å². The summed E-state index contributed by atoms with van der Waals surface area (Å²) in [6.07, 6.45) is 7.73. The number of hydrogen-bond acceptors (Lipinski definition) is 10. The Morgan fingerprint density at radius 1 is 0.933 bits per heavy atom. The minimum atomic E-state index is -0.0704. The number of rotatable bonds is 14. The predicted octanol–water partition coefficient (Wildman–Crippen LogP) is 5.48. The first-order valence-corrected chi connectivity index (χ1v) is 16.4. The van der Waals surface area contributed by atoms with Gasteiger partial charge in [0.1, 0.15) is 5.52 Å². The van der Waals surface area contributed by atoms with E-state index in [4.69, 9.17) is 14.7 Å². The van der Waals surface area contributed by atoms with Gasteiger partial charge in [0.2, 0.25) is 11.9 Å². The molecule has 11 nitrogen and oxygen atoms in total. The molecule has 2 aromatic heterocycles. The Bertz CT molecular complexity index is 1510. The van der Waals surface area contributed by atoms with E-state index in [9.17, 15) is 4.79 Å². The van der Waals surface area contributed by atoms with E-state index in [2.05, 4.69) is 59.6 Å². The molecule has 0 radical (unpaired) electrons. The number of imidazole rings is 1. The molecule has 11 heteroatoms. The van der Waals surface area contributed by atoms with Crippen LogP contribution in [-0.4, -0.2) is 82.8 Å². The third kappa shape index (κ3) is 8.09. The highest BCUT2D eigenvalue weighted by Gasteiger charge is 2.24. The number of fused-ring (bicyclic) bond motifs is 1. The lowest BCUT2D eigenvalue weighted by molar-refractivity contribution is -0.143. The molecule has 0 saturated carbocycles. The van der Waals surface area contributed by atoms with Crippen LogP contribution in [0.2, 0.25) is 0 Å². The highest BCUT2D eigenvalue weighted by Crippen LogP contribution is 2.30. The van der Waals surface area contributed by atoms with Gasteiger partial charge in [0.25, 0.3) is 0 Å². The van der Waals surface area contributed by atoms with Crippen LogP contribution in [-0.2, 0) is 9.53 Å². The van der Waals surface area contributed by atoms with Crippen molar-refractivity contribution in [2.24, 2.45) is 0 Å². The topological polar surface area (TPSA) is 112 Å². The van der Waals surface area contributed by atoms with Crippen LogP contribution in [0.1, 0.15) is 51.5 Å². The number of aromatic nitrogens is 4. The van der Waals surface area contributed by atoms with Crippen LogP contribution >= 0.6 is 0 Å². The van der Waals surface area contributed by atoms with Crippen LogP contribution in [0.3, 0.4) is 0 Å². The van der Waals surface area contributed by atoms with E-state index < -0.39 is 0 Å². The monoisotopic (exact) mass is 611 g/mol. The summed E-state index contributed by atoms with van der Waals surface area (Å²) in [6.45, 7) is 9.50. The SMILES string of the molecule is CCOC(=O)CCCCCCN1CCN(c2ccc(Nc3ncc4nc(Nc5ccccc5)n([C@H]5CCNC5)c4n3)cc2)CC1. The maximum atomic E-state index is 11.5. The summed E-state index contributed by atoms with van der Waals surface area (Å²) in [4.78, 5) is 30.8. The smallest absolute Gasteiger partial charge is 0.305 e. The number of nitrogens with one attached hydrogen (secondary N) is 3. The van der Waals surface area contributed by atoms with E-state index >= 15 is 0 Å². The standard InChI is InChI=1S/C34H45N9O2/c1-2-45-31(44)12-8-3-4-9-19-41-20-22-42(23-21-41)28-15-13-27(14-16-28)37-33-36-25-30-32(40-33)43(29-17-18-35-24-29)34(39-30)38-26-10-6-5-7-11-26/h5-7,10-11,13-16,25,29,35H,2-4,8-9,12,17-24H2,1H3,(H,38,39)(H,36,37,40)/t29-/m0/s1. The van der Waals surface area contributed by atoms with E-state index in [0.29, 0.717) is 19.0 Å². The van der Waals surface area contributed by atoms with Crippen LogP contribution in [0, 0.1) is 0 Å². The summed E-state index contributed by atoms with van der Waals surface area (Å²) in [6, 6.07) is 19.0. The Morgan fingerprint density at radius 2 is 1.71 bits per heavy atom. The van der Waals surface area contributed by atoms with Crippen molar-refractivity contribution >= 4 is 46.1 Å². The van der Waals surface area contributed by atoms with Crippen molar-refractivity contribution in [2.45, 2.75) is 51.5 Å². The maximum Gasteiger partial charge on any atom is 0.305 e. The lowest BCUT2D eigenvalue weighted by Gasteiger charge is -2.36. The Balaban J connectivity index is 1.02. The van der Waals surface area contributed by atoms with E-state index in [1.54, 1.807) is 6.20 Å². The molecule has 2 aliphatic rings. The molecule has 45 heavy (non-hydrogen) atoms. The predicted molar refractivity (Wildman–Crippen MR) is 180 cm³/mol. The Hall–Kier alpha value is -4.22. The molecular formula is C34H45N9O2. The summed E-state index contributed by atoms with van der Waals surface area (Å²) in [5.41, 5.74) is 4.78. The molecule has 238 valence electrons. The molecule has 0 bridgehead atoms. The number of carbonyl (C=O) groups excluding carboxylic acids is 1. The van der Waals surface area contributed by atoms with Gasteiger partial charge < -0.3 is 25.6 Å². The first-order chi connectivity index (χ1) is 22.2. The van der Waals surface area contributed by atoms with Crippen molar-refractivity contribution in [3.63, 3.8) is 0 Å². The molecule has 2 saturated heterocycles. The van der Waals surface area contributed by atoms with Crippen molar-refractivity contribution in [2.75, 3.05) is 68.0 Å². The van der Waals surface area contributed by atoms with E-state index in [-0.39, 0.29) is 12.0 Å².